The maximum atomic E-state index is 11.5. The summed E-state index contributed by atoms with van der Waals surface area (Å²) in [6, 6.07) is 7.55. The zero-order valence-corrected chi connectivity index (χ0v) is 11.9. The number of nitrogens with zero attached hydrogens (tertiary/aromatic N) is 1. The van der Waals surface area contributed by atoms with E-state index in [4.69, 9.17) is 5.73 Å². The third-order valence-electron chi connectivity index (χ3n) is 2.86. The molecule has 1 aromatic rings. The van der Waals surface area contributed by atoms with Crippen LogP contribution in [0.5, 0.6) is 0 Å². The summed E-state index contributed by atoms with van der Waals surface area (Å²) in [6.45, 7) is 5.15. The first-order chi connectivity index (χ1) is 8.48. The average Bonchev–Trinajstić information content (AvgIpc) is 2.36. The number of hydrogen-bond acceptors (Lipinski definition) is 4. The molecule has 0 bridgehead atoms. The number of nitrogens with two attached hydrogens (primary N) is 1. The zero-order valence-electron chi connectivity index (χ0n) is 11.1. The molecule has 2 N–H and O–H groups in total. The van der Waals surface area contributed by atoms with Gasteiger partial charge in [-0.05, 0) is 30.7 Å². The molecule has 0 aliphatic heterocycles. The molecule has 0 saturated carbocycles. The summed E-state index contributed by atoms with van der Waals surface area (Å²) in [7, 11) is -2.92. The molecule has 0 fully saturated rings. The van der Waals surface area contributed by atoms with Gasteiger partial charge in [0.15, 0.2) is 9.84 Å². The molecule has 0 aromatic heterocycles. The lowest BCUT2D eigenvalue weighted by Gasteiger charge is -2.24. The van der Waals surface area contributed by atoms with Gasteiger partial charge in [-0.2, -0.15) is 0 Å². The second-order valence-corrected chi connectivity index (χ2v) is 6.79. The van der Waals surface area contributed by atoms with E-state index in [9.17, 15) is 8.42 Å². The van der Waals surface area contributed by atoms with Crippen LogP contribution in [0.4, 0.5) is 11.4 Å². The van der Waals surface area contributed by atoms with Crippen molar-refractivity contribution in [3.63, 3.8) is 0 Å². The van der Waals surface area contributed by atoms with Crippen molar-refractivity contribution in [1.29, 1.82) is 0 Å². The first kappa shape index (κ1) is 14.8. The van der Waals surface area contributed by atoms with Gasteiger partial charge >= 0.3 is 0 Å². The fourth-order valence-corrected chi connectivity index (χ4v) is 2.51. The highest BCUT2D eigenvalue weighted by Crippen LogP contribution is 2.16. The topological polar surface area (TPSA) is 63.4 Å². The summed E-state index contributed by atoms with van der Waals surface area (Å²) in [4.78, 5) is 2.09. The molecule has 0 amide bonds. The molecule has 0 saturated heterocycles. The van der Waals surface area contributed by atoms with E-state index in [0.29, 0.717) is 6.54 Å². The molecular formula is C13H22N2O2S. The quantitative estimate of drug-likeness (QED) is 0.769. The smallest absolute Gasteiger partial charge is 0.151 e. The predicted molar refractivity (Wildman–Crippen MR) is 77.7 cm³/mol. The second-order valence-electron chi connectivity index (χ2n) is 4.31. The summed E-state index contributed by atoms with van der Waals surface area (Å²) in [5.41, 5.74) is 7.40. The van der Waals surface area contributed by atoms with Crippen LogP contribution >= 0.6 is 0 Å². The van der Waals surface area contributed by atoms with Crippen LogP contribution in [0.1, 0.15) is 20.3 Å². The minimum atomic E-state index is -2.92. The fraction of sp³-hybridized carbons (Fsp3) is 0.538. The molecule has 0 aliphatic carbocycles. The minimum absolute atomic E-state index is 0.202. The lowest BCUT2D eigenvalue weighted by Crippen LogP contribution is -2.30. The highest BCUT2D eigenvalue weighted by Gasteiger charge is 2.11. The van der Waals surface area contributed by atoms with Crippen molar-refractivity contribution in [1.82, 2.24) is 0 Å². The molecular weight excluding hydrogens is 248 g/mol. The molecule has 0 radical (unpaired) electrons. The summed E-state index contributed by atoms with van der Waals surface area (Å²) >= 11 is 0. The fourth-order valence-electron chi connectivity index (χ4n) is 1.72. The van der Waals surface area contributed by atoms with Gasteiger partial charge in [0.1, 0.15) is 0 Å². The standard InChI is InChI=1S/C13H22N2O2S/c1-3-9-15(10-11-18(16,17)4-2)13-7-5-12(14)6-8-13/h5-8H,3-4,9-11,14H2,1-2H3. The molecule has 102 valence electrons. The van der Waals surface area contributed by atoms with Crippen LogP contribution in [0, 0.1) is 0 Å². The molecule has 0 atom stereocenters. The summed E-state index contributed by atoms with van der Waals surface area (Å²) < 4.78 is 23.1. The summed E-state index contributed by atoms with van der Waals surface area (Å²) in [6.07, 6.45) is 0.983. The van der Waals surface area contributed by atoms with Crippen LogP contribution < -0.4 is 10.6 Å². The SMILES string of the molecule is CCCN(CCS(=O)(=O)CC)c1ccc(N)cc1. The van der Waals surface area contributed by atoms with Crippen LogP contribution in [0.2, 0.25) is 0 Å². The third kappa shape index (κ3) is 4.56. The van der Waals surface area contributed by atoms with Crippen LogP contribution in [0.15, 0.2) is 24.3 Å². The summed E-state index contributed by atoms with van der Waals surface area (Å²) in [5.74, 6) is 0.405. The van der Waals surface area contributed by atoms with Crippen molar-refractivity contribution in [3.05, 3.63) is 24.3 Å². The van der Waals surface area contributed by atoms with Gasteiger partial charge in [-0.15, -0.1) is 0 Å². The number of sulfone groups is 1. The maximum absolute atomic E-state index is 11.5. The molecule has 18 heavy (non-hydrogen) atoms. The van der Waals surface area contributed by atoms with Gasteiger partial charge in [-0.3, -0.25) is 0 Å². The Morgan fingerprint density at radius 1 is 1.11 bits per heavy atom. The number of anilines is 2. The van der Waals surface area contributed by atoms with E-state index in [1.54, 1.807) is 6.92 Å². The van der Waals surface area contributed by atoms with E-state index in [1.807, 2.05) is 24.3 Å². The number of hydrogen-bond donors (Lipinski definition) is 1. The van der Waals surface area contributed by atoms with Gasteiger partial charge in [-0.25, -0.2) is 8.42 Å². The molecule has 0 spiro atoms. The predicted octanol–water partition coefficient (Wildman–Crippen LogP) is 1.92. The van der Waals surface area contributed by atoms with Crippen molar-refractivity contribution in [2.24, 2.45) is 0 Å². The lowest BCUT2D eigenvalue weighted by atomic mass is 10.2. The molecule has 5 heteroatoms. The van der Waals surface area contributed by atoms with Crippen molar-refractivity contribution in [3.8, 4) is 0 Å². The second kappa shape index (κ2) is 6.64. The van der Waals surface area contributed by atoms with Crippen molar-refractivity contribution in [2.75, 3.05) is 35.2 Å². The normalized spacial score (nSPS) is 11.4. The molecule has 1 rings (SSSR count). The number of rotatable bonds is 7. The van der Waals surface area contributed by atoms with Gasteiger partial charge in [0.05, 0.1) is 5.75 Å². The number of benzene rings is 1. The van der Waals surface area contributed by atoms with Crippen molar-refractivity contribution in [2.45, 2.75) is 20.3 Å². The van der Waals surface area contributed by atoms with Crippen LogP contribution in [-0.2, 0) is 9.84 Å². The highest BCUT2D eigenvalue weighted by molar-refractivity contribution is 7.91. The van der Waals surface area contributed by atoms with Gasteiger partial charge in [0.2, 0.25) is 0 Å². The Morgan fingerprint density at radius 3 is 2.22 bits per heavy atom. The lowest BCUT2D eigenvalue weighted by molar-refractivity contribution is 0.595. The summed E-state index contributed by atoms with van der Waals surface area (Å²) in [5, 5.41) is 0. The van der Waals surface area contributed by atoms with Gasteiger partial charge in [0.25, 0.3) is 0 Å². The Labute approximate surface area is 110 Å². The zero-order chi connectivity index (χ0) is 13.6. The van der Waals surface area contributed by atoms with Gasteiger partial charge < -0.3 is 10.6 Å². The monoisotopic (exact) mass is 270 g/mol. The van der Waals surface area contributed by atoms with Crippen molar-refractivity contribution < 1.29 is 8.42 Å². The van der Waals surface area contributed by atoms with E-state index in [-0.39, 0.29) is 11.5 Å². The Hall–Kier alpha value is -1.23. The largest absolute Gasteiger partial charge is 0.399 e. The average molecular weight is 270 g/mol. The van der Waals surface area contributed by atoms with Crippen LogP contribution in [-0.4, -0.2) is 33.0 Å². The molecule has 1 aromatic carbocycles. The van der Waals surface area contributed by atoms with E-state index < -0.39 is 9.84 Å². The van der Waals surface area contributed by atoms with Crippen molar-refractivity contribution >= 4 is 21.2 Å². The Balaban J connectivity index is 2.74. The molecule has 0 aliphatic rings. The van der Waals surface area contributed by atoms with Gasteiger partial charge in [0, 0.05) is 30.2 Å². The number of nitrogen functional groups attached to an aromatic ring is 1. The molecule has 0 unspecified atom stereocenters. The van der Waals surface area contributed by atoms with Gasteiger partial charge in [-0.1, -0.05) is 13.8 Å². The van der Waals surface area contributed by atoms with E-state index in [1.165, 1.54) is 0 Å². The van der Waals surface area contributed by atoms with E-state index in [2.05, 4.69) is 11.8 Å². The third-order valence-corrected chi connectivity index (χ3v) is 4.55. The first-order valence-corrected chi connectivity index (χ1v) is 8.11. The molecule has 0 heterocycles. The Bertz CT molecular complexity index is 454. The minimum Gasteiger partial charge on any atom is -0.399 e. The highest BCUT2D eigenvalue weighted by atomic mass is 32.2. The van der Waals surface area contributed by atoms with Crippen LogP contribution in [0.25, 0.3) is 0 Å². The van der Waals surface area contributed by atoms with Crippen LogP contribution in [0.3, 0.4) is 0 Å². The molecule has 4 nitrogen and oxygen atoms in total. The Morgan fingerprint density at radius 2 is 1.72 bits per heavy atom. The van der Waals surface area contributed by atoms with E-state index >= 15 is 0 Å². The first-order valence-electron chi connectivity index (χ1n) is 6.29. The van der Waals surface area contributed by atoms with E-state index in [0.717, 1.165) is 24.3 Å². The maximum Gasteiger partial charge on any atom is 0.151 e. The Kier molecular flexibility index (Phi) is 5.47.